The number of benzene rings is 3. The molecule has 0 N–H and O–H groups in total. The van der Waals surface area contributed by atoms with Crippen molar-refractivity contribution < 1.29 is 4.42 Å². The van der Waals surface area contributed by atoms with Gasteiger partial charge in [-0.2, -0.15) is 0 Å². The predicted octanol–water partition coefficient (Wildman–Crippen LogP) is 4.88. The van der Waals surface area contributed by atoms with E-state index in [4.69, 9.17) is 9.40 Å². The van der Waals surface area contributed by atoms with Crippen LogP contribution in [0.5, 0.6) is 0 Å². The molecule has 0 fully saturated rings. The van der Waals surface area contributed by atoms with Crippen molar-refractivity contribution in [3.8, 4) is 0 Å². The molecule has 3 aromatic carbocycles. The van der Waals surface area contributed by atoms with Crippen LogP contribution in [0.1, 0.15) is 0 Å². The number of aryl methyl sites for hydroxylation is 1. The van der Waals surface area contributed by atoms with Crippen molar-refractivity contribution in [1.82, 2.24) is 14.0 Å². The predicted molar refractivity (Wildman–Crippen MR) is 96.5 cm³/mol. The lowest BCUT2D eigenvalue weighted by Crippen LogP contribution is -1.87. The van der Waals surface area contributed by atoms with Gasteiger partial charge in [0.1, 0.15) is 11.2 Å². The maximum Gasteiger partial charge on any atom is 0.215 e. The summed E-state index contributed by atoms with van der Waals surface area (Å²) in [6.45, 7) is 0. The first kappa shape index (κ1) is 12.2. The molecule has 3 heterocycles. The van der Waals surface area contributed by atoms with Gasteiger partial charge in [-0.3, -0.25) is 4.40 Å². The SMILES string of the molecule is Cn1c2ccc3oc4ccccc4c3c2n2c3ccccc3nc12. The van der Waals surface area contributed by atoms with Crippen LogP contribution in [0.4, 0.5) is 0 Å². The molecule has 24 heavy (non-hydrogen) atoms. The highest BCUT2D eigenvalue weighted by Crippen LogP contribution is 2.36. The largest absolute Gasteiger partial charge is 0.456 e. The summed E-state index contributed by atoms with van der Waals surface area (Å²) in [5, 5.41) is 2.29. The average Bonchev–Trinajstić information content (AvgIpc) is 3.25. The maximum atomic E-state index is 6.06. The van der Waals surface area contributed by atoms with E-state index in [1.807, 2.05) is 18.2 Å². The number of rotatable bonds is 0. The Morgan fingerprint density at radius 1 is 0.833 bits per heavy atom. The van der Waals surface area contributed by atoms with E-state index in [1.54, 1.807) is 0 Å². The first-order valence-electron chi connectivity index (χ1n) is 7.99. The topological polar surface area (TPSA) is 35.4 Å². The van der Waals surface area contributed by atoms with Crippen LogP contribution in [-0.2, 0) is 7.05 Å². The molecule has 0 bridgehead atoms. The number of fused-ring (bicyclic) bond motifs is 9. The summed E-state index contributed by atoms with van der Waals surface area (Å²) in [4.78, 5) is 4.82. The van der Waals surface area contributed by atoms with Gasteiger partial charge in [-0.1, -0.05) is 30.3 Å². The zero-order chi connectivity index (χ0) is 15.8. The van der Waals surface area contributed by atoms with Crippen molar-refractivity contribution in [3.05, 3.63) is 60.7 Å². The highest BCUT2D eigenvalue weighted by atomic mass is 16.3. The molecule has 0 aliphatic carbocycles. The summed E-state index contributed by atoms with van der Waals surface area (Å²) in [6.07, 6.45) is 0. The van der Waals surface area contributed by atoms with Crippen LogP contribution < -0.4 is 0 Å². The van der Waals surface area contributed by atoms with Gasteiger partial charge in [-0.15, -0.1) is 0 Å². The summed E-state index contributed by atoms with van der Waals surface area (Å²) in [7, 11) is 2.07. The zero-order valence-corrected chi connectivity index (χ0v) is 13.0. The van der Waals surface area contributed by atoms with Gasteiger partial charge in [-0.25, -0.2) is 4.98 Å². The van der Waals surface area contributed by atoms with Crippen molar-refractivity contribution in [3.63, 3.8) is 0 Å². The van der Waals surface area contributed by atoms with Crippen LogP contribution in [0.15, 0.2) is 65.1 Å². The second-order valence-electron chi connectivity index (χ2n) is 6.20. The molecule has 0 aliphatic rings. The van der Waals surface area contributed by atoms with Gasteiger partial charge in [0.2, 0.25) is 5.78 Å². The van der Waals surface area contributed by atoms with E-state index in [0.29, 0.717) is 0 Å². The van der Waals surface area contributed by atoms with Crippen LogP contribution in [-0.4, -0.2) is 14.0 Å². The molecule has 0 spiro atoms. The van der Waals surface area contributed by atoms with Crippen molar-refractivity contribution >= 4 is 49.8 Å². The maximum absolute atomic E-state index is 6.06. The molecule has 6 rings (SSSR count). The Hall–Kier alpha value is -3.27. The molecule has 0 saturated heterocycles. The van der Waals surface area contributed by atoms with Crippen LogP contribution >= 0.6 is 0 Å². The summed E-state index contributed by atoms with van der Waals surface area (Å²) in [5.74, 6) is 0.948. The fourth-order valence-electron chi connectivity index (χ4n) is 3.85. The Balaban J connectivity index is 2.03. The fraction of sp³-hybridized carbons (Fsp3) is 0.0500. The Labute approximate surface area is 136 Å². The summed E-state index contributed by atoms with van der Waals surface area (Å²) in [6, 6.07) is 20.6. The lowest BCUT2D eigenvalue weighted by molar-refractivity contribution is 0.669. The van der Waals surface area contributed by atoms with Crippen LogP contribution in [0.25, 0.3) is 49.8 Å². The number of furan rings is 1. The summed E-state index contributed by atoms with van der Waals surface area (Å²) in [5.41, 5.74) is 6.27. The van der Waals surface area contributed by atoms with Gasteiger partial charge >= 0.3 is 0 Å². The molecular formula is C20H13N3O. The smallest absolute Gasteiger partial charge is 0.215 e. The van der Waals surface area contributed by atoms with Gasteiger partial charge in [0, 0.05) is 12.4 Å². The molecular weight excluding hydrogens is 298 g/mol. The third kappa shape index (κ3) is 1.28. The van der Waals surface area contributed by atoms with Gasteiger partial charge in [-0.05, 0) is 30.3 Å². The highest BCUT2D eigenvalue weighted by molar-refractivity contribution is 6.18. The molecule has 0 amide bonds. The molecule has 0 atom stereocenters. The van der Waals surface area contributed by atoms with Gasteiger partial charge < -0.3 is 8.98 Å². The molecule has 0 aliphatic heterocycles. The Kier molecular flexibility index (Phi) is 2.02. The molecule has 114 valence electrons. The molecule has 0 unspecified atom stereocenters. The number of hydrogen-bond donors (Lipinski definition) is 0. The molecule has 4 heteroatoms. The van der Waals surface area contributed by atoms with E-state index in [-0.39, 0.29) is 0 Å². The Morgan fingerprint density at radius 3 is 2.62 bits per heavy atom. The summed E-state index contributed by atoms with van der Waals surface area (Å²) >= 11 is 0. The molecule has 0 saturated carbocycles. The van der Waals surface area contributed by atoms with Crippen molar-refractivity contribution in [2.45, 2.75) is 0 Å². The fourth-order valence-corrected chi connectivity index (χ4v) is 3.85. The minimum absolute atomic E-state index is 0.911. The number of nitrogens with zero attached hydrogens (tertiary/aromatic N) is 3. The van der Waals surface area contributed by atoms with Crippen LogP contribution in [0.2, 0.25) is 0 Å². The molecule has 0 radical (unpaired) electrons. The Bertz CT molecular complexity index is 1410. The number of imidazole rings is 2. The number of para-hydroxylation sites is 3. The standard InChI is InChI=1S/C20H13N3O/c1-22-15-10-11-17-18(12-6-2-5-9-16(12)24-17)19(15)23-14-8-4-3-7-13(14)21-20(22)23/h2-11H,1H3. The lowest BCUT2D eigenvalue weighted by atomic mass is 10.1. The Morgan fingerprint density at radius 2 is 1.67 bits per heavy atom. The second-order valence-corrected chi connectivity index (χ2v) is 6.20. The van der Waals surface area contributed by atoms with E-state index in [9.17, 15) is 0 Å². The van der Waals surface area contributed by atoms with Crippen LogP contribution in [0, 0.1) is 0 Å². The van der Waals surface area contributed by atoms with Gasteiger partial charge in [0.05, 0.1) is 27.5 Å². The van der Waals surface area contributed by atoms with E-state index >= 15 is 0 Å². The second kappa shape index (κ2) is 3.97. The monoisotopic (exact) mass is 311 g/mol. The minimum Gasteiger partial charge on any atom is -0.456 e. The van der Waals surface area contributed by atoms with E-state index < -0.39 is 0 Å². The first-order chi connectivity index (χ1) is 11.8. The summed E-state index contributed by atoms with van der Waals surface area (Å²) < 4.78 is 10.5. The van der Waals surface area contributed by atoms with Crippen molar-refractivity contribution in [2.75, 3.05) is 0 Å². The van der Waals surface area contributed by atoms with Crippen molar-refractivity contribution in [1.29, 1.82) is 0 Å². The lowest BCUT2D eigenvalue weighted by Gasteiger charge is -1.98. The van der Waals surface area contributed by atoms with Crippen LogP contribution in [0.3, 0.4) is 0 Å². The third-order valence-electron chi connectivity index (χ3n) is 4.92. The quantitative estimate of drug-likeness (QED) is 0.401. The van der Waals surface area contributed by atoms with Gasteiger partial charge in [0.15, 0.2) is 0 Å². The number of hydrogen-bond acceptors (Lipinski definition) is 2. The highest BCUT2D eigenvalue weighted by Gasteiger charge is 2.19. The van der Waals surface area contributed by atoms with Crippen molar-refractivity contribution in [2.24, 2.45) is 7.05 Å². The third-order valence-corrected chi connectivity index (χ3v) is 4.92. The zero-order valence-electron chi connectivity index (χ0n) is 13.0. The molecule has 6 aromatic rings. The molecule has 3 aromatic heterocycles. The van der Waals surface area contributed by atoms with Gasteiger partial charge in [0.25, 0.3) is 0 Å². The van der Waals surface area contributed by atoms with E-state index in [2.05, 4.69) is 58.5 Å². The van der Waals surface area contributed by atoms with E-state index in [1.165, 1.54) is 0 Å². The first-order valence-corrected chi connectivity index (χ1v) is 7.99. The van der Waals surface area contributed by atoms with E-state index in [0.717, 1.165) is 49.8 Å². The minimum atomic E-state index is 0.911. The number of aromatic nitrogens is 3. The normalized spacial score (nSPS) is 12.4. The average molecular weight is 311 g/mol. The molecule has 4 nitrogen and oxygen atoms in total.